The van der Waals surface area contributed by atoms with E-state index in [9.17, 15) is 19.2 Å². The SMILES string of the molecule is CC1=C(C(=O)Nc2ccccc2)C(c2ccccc2F)C(C#N)=C(SCC(=O)NC2CCCCC2)N1. The van der Waals surface area contributed by atoms with Crippen molar-refractivity contribution in [3.63, 3.8) is 0 Å². The molecule has 2 amide bonds. The van der Waals surface area contributed by atoms with Crippen molar-refractivity contribution in [2.75, 3.05) is 11.1 Å². The molecule has 6 nitrogen and oxygen atoms in total. The zero-order chi connectivity index (χ0) is 25.5. The summed E-state index contributed by atoms with van der Waals surface area (Å²) in [5, 5.41) is 19.7. The Balaban J connectivity index is 1.61. The Hall–Kier alpha value is -3.57. The number of dihydropyridines is 1. The minimum atomic E-state index is -0.912. The number of carbonyl (C=O) groups excluding carboxylic acids is 2. The summed E-state index contributed by atoms with van der Waals surface area (Å²) < 4.78 is 15.0. The molecule has 3 N–H and O–H groups in total. The van der Waals surface area contributed by atoms with Crippen molar-refractivity contribution in [3.8, 4) is 6.07 Å². The monoisotopic (exact) mass is 504 g/mol. The van der Waals surface area contributed by atoms with E-state index in [1.807, 2.05) is 6.07 Å². The Morgan fingerprint density at radius 2 is 1.78 bits per heavy atom. The van der Waals surface area contributed by atoms with Crippen LogP contribution in [0.4, 0.5) is 10.1 Å². The van der Waals surface area contributed by atoms with Gasteiger partial charge in [-0.05, 0) is 38.0 Å². The molecule has 0 radical (unpaired) electrons. The van der Waals surface area contributed by atoms with Crippen LogP contribution >= 0.6 is 11.8 Å². The van der Waals surface area contributed by atoms with Gasteiger partial charge in [0, 0.05) is 28.6 Å². The molecule has 0 spiro atoms. The number of nitriles is 1. The summed E-state index contributed by atoms with van der Waals surface area (Å²) in [4.78, 5) is 26.0. The molecule has 1 aliphatic carbocycles. The number of halogens is 1. The number of nitrogens with zero attached hydrogens (tertiary/aromatic N) is 1. The van der Waals surface area contributed by atoms with Gasteiger partial charge >= 0.3 is 0 Å². The van der Waals surface area contributed by atoms with Gasteiger partial charge in [-0.2, -0.15) is 5.26 Å². The molecule has 0 saturated heterocycles. The Morgan fingerprint density at radius 3 is 2.47 bits per heavy atom. The van der Waals surface area contributed by atoms with Gasteiger partial charge in [0.15, 0.2) is 0 Å². The quantitative estimate of drug-likeness (QED) is 0.473. The third-order valence-corrected chi connectivity index (χ3v) is 7.48. The molecule has 2 aromatic carbocycles. The van der Waals surface area contributed by atoms with Gasteiger partial charge in [0.1, 0.15) is 5.82 Å². The Labute approximate surface area is 215 Å². The predicted molar refractivity (Wildman–Crippen MR) is 140 cm³/mol. The van der Waals surface area contributed by atoms with Gasteiger partial charge in [0.25, 0.3) is 5.91 Å². The minimum Gasteiger partial charge on any atom is -0.353 e. The van der Waals surface area contributed by atoms with Gasteiger partial charge in [-0.3, -0.25) is 9.59 Å². The second-order valence-corrected chi connectivity index (χ2v) is 9.97. The zero-order valence-electron chi connectivity index (χ0n) is 20.1. The maximum absolute atomic E-state index is 15.0. The lowest BCUT2D eigenvalue weighted by molar-refractivity contribution is -0.119. The maximum Gasteiger partial charge on any atom is 0.254 e. The number of hydrogen-bond donors (Lipinski definition) is 3. The molecule has 4 rings (SSSR count). The highest BCUT2D eigenvalue weighted by Crippen LogP contribution is 2.41. The summed E-state index contributed by atoms with van der Waals surface area (Å²) in [5.74, 6) is -1.83. The first-order valence-corrected chi connectivity index (χ1v) is 13.1. The fourth-order valence-corrected chi connectivity index (χ4v) is 5.62. The molecule has 1 aliphatic heterocycles. The van der Waals surface area contributed by atoms with E-state index in [1.165, 1.54) is 24.2 Å². The van der Waals surface area contributed by atoms with Crippen molar-refractivity contribution < 1.29 is 14.0 Å². The Bertz CT molecular complexity index is 1230. The standard InChI is InChI=1S/C28H29FN4O2S/c1-18-25(27(35)33-20-12-6-3-7-13-20)26(21-14-8-9-15-23(21)29)22(16-30)28(31-18)36-17-24(34)32-19-10-4-2-5-11-19/h3,6-9,12-15,19,26,31H,2,4-5,10-11,17H2,1H3,(H,32,34)(H,33,35). The van der Waals surface area contributed by atoms with Crippen LogP contribution in [0.25, 0.3) is 0 Å². The molecule has 2 aromatic rings. The van der Waals surface area contributed by atoms with Crippen LogP contribution in [0.2, 0.25) is 0 Å². The van der Waals surface area contributed by atoms with Crippen molar-refractivity contribution in [1.82, 2.24) is 10.6 Å². The average molecular weight is 505 g/mol. The molecular weight excluding hydrogens is 475 g/mol. The van der Waals surface area contributed by atoms with E-state index in [4.69, 9.17) is 0 Å². The van der Waals surface area contributed by atoms with Crippen LogP contribution in [-0.4, -0.2) is 23.6 Å². The number of hydrogen-bond acceptors (Lipinski definition) is 5. The lowest BCUT2D eigenvalue weighted by Crippen LogP contribution is -2.37. The number of carbonyl (C=O) groups is 2. The average Bonchev–Trinajstić information content (AvgIpc) is 2.88. The number of anilines is 1. The number of para-hydroxylation sites is 1. The van der Waals surface area contributed by atoms with Crippen molar-refractivity contribution in [1.29, 1.82) is 5.26 Å². The molecule has 1 atom stereocenters. The van der Waals surface area contributed by atoms with Crippen LogP contribution in [0.15, 0.2) is 76.5 Å². The number of thioether (sulfide) groups is 1. The van der Waals surface area contributed by atoms with Crippen LogP contribution in [0.3, 0.4) is 0 Å². The van der Waals surface area contributed by atoms with Crippen LogP contribution in [0, 0.1) is 17.1 Å². The molecule has 2 aliphatic rings. The number of rotatable bonds is 7. The van der Waals surface area contributed by atoms with E-state index >= 15 is 0 Å². The molecule has 1 unspecified atom stereocenters. The second kappa shape index (κ2) is 11.9. The van der Waals surface area contributed by atoms with Crippen molar-refractivity contribution in [3.05, 3.63) is 87.9 Å². The number of allylic oxidation sites excluding steroid dienone is 2. The molecule has 36 heavy (non-hydrogen) atoms. The van der Waals surface area contributed by atoms with Crippen molar-refractivity contribution in [2.45, 2.75) is 51.0 Å². The zero-order valence-corrected chi connectivity index (χ0v) is 21.0. The third-order valence-electron chi connectivity index (χ3n) is 6.46. The molecule has 0 aromatic heterocycles. The van der Waals surface area contributed by atoms with E-state index in [0.717, 1.165) is 25.7 Å². The Morgan fingerprint density at radius 1 is 1.08 bits per heavy atom. The summed E-state index contributed by atoms with van der Waals surface area (Å²) in [6.07, 6.45) is 5.40. The topological polar surface area (TPSA) is 94.0 Å². The highest BCUT2D eigenvalue weighted by molar-refractivity contribution is 8.03. The molecule has 1 heterocycles. The summed E-state index contributed by atoms with van der Waals surface area (Å²) in [6, 6.07) is 17.5. The largest absolute Gasteiger partial charge is 0.353 e. The number of amides is 2. The first-order valence-electron chi connectivity index (χ1n) is 12.1. The molecule has 8 heteroatoms. The van der Waals surface area contributed by atoms with Crippen LogP contribution in [0.1, 0.15) is 50.5 Å². The normalized spacial score (nSPS) is 18.3. The fraction of sp³-hybridized carbons (Fsp3) is 0.321. The minimum absolute atomic E-state index is 0.102. The lowest BCUT2D eigenvalue weighted by atomic mass is 9.82. The second-order valence-electron chi connectivity index (χ2n) is 8.98. The van der Waals surface area contributed by atoms with E-state index in [-0.39, 0.29) is 34.4 Å². The summed E-state index contributed by atoms with van der Waals surface area (Å²) in [5.41, 5.74) is 1.80. The molecule has 0 bridgehead atoms. The number of nitrogens with one attached hydrogen (secondary N) is 3. The molecule has 186 valence electrons. The van der Waals surface area contributed by atoms with E-state index < -0.39 is 17.6 Å². The molecule has 1 fully saturated rings. The first kappa shape index (κ1) is 25.5. The molecular formula is C28H29FN4O2S. The van der Waals surface area contributed by atoms with Crippen molar-refractivity contribution in [2.24, 2.45) is 0 Å². The van der Waals surface area contributed by atoms with Gasteiger partial charge in [-0.15, -0.1) is 0 Å². The van der Waals surface area contributed by atoms with E-state index in [2.05, 4.69) is 22.0 Å². The number of benzene rings is 2. The summed E-state index contributed by atoms with van der Waals surface area (Å²) in [6.45, 7) is 1.73. The third kappa shape index (κ3) is 5.97. The van der Waals surface area contributed by atoms with Gasteiger partial charge in [-0.1, -0.05) is 67.4 Å². The lowest BCUT2D eigenvalue weighted by Gasteiger charge is -2.30. The predicted octanol–water partition coefficient (Wildman–Crippen LogP) is 5.34. The van der Waals surface area contributed by atoms with Gasteiger partial charge in [-0.25, -0.2) is 4.39 Å². The van der Waals surface area contributed by atoms with Crippen LogP contribution in [0.5, 0.6) is 0 Å². The van der Waals surface area contributed by atoms with Gasteiger partial charge in [0.05, 0.1) is 28.3 Å². The van der Waals surface area contributed by atoms with E-state index in [0.29, 0.717) is 16.4 Å². The van der Waals surface area contributed by atoms with Gasteiger partial charge in [0.2, 0.25) is 5.91 Å². The molecule has 1 saturated carbocycles. The summed E-state index contributed by atoms with van der Waals surface area (Å²) >= 11 is 1.20. The summed E-state index contributed by atoms with van der Waals surface area (Å²) in [7, 11) is 0. The highest BCUT2D eigenvalue weighted by atomic mass is 32.2. The Kier molecular flexibility index (Phi) is 8.44. The fourth-order valence-electron chi connectivity index (χ4n) is 4.72. The van der Waals surface area contributed by atoms with E-state index in [1.54, 1.807) is 49.4 Å². The first-order chi connectivity index (χ1) is 17.5. The maximum atomic E-state index is 15.0. The van der Waals surface area contributed by atoms with Crippen molar-refractivity contribution >= 4 is 29.3 Å². The van der Waals surface area contributed by atoms with Crippen LogP contribution < -0.4 is 16.0 Å². The smallest absolute Gasteiger partial charge is 0.254 e. The highest BCUT2D eigenvalue weighted by Gasteiger charge is 2.36. The van der Waals surface area contributed by atoms with Crippen LogP contribution in [-0.2, 0) is 9.59 Å². The van der Waals surface area contributed by atoms with Gasteiger partial charge < -0.3 is 16.0 Å².